The van der Waals surface area contributed by atoms with Crippen molar-refractivity contribution in [2.45, 2.75) is 11.5 Å². The smallest absolute Gasteiger partial charge is 0.132 e. The van der Waals surface area contributed by atoms with E-state index in [2.05, 4.69) is 12.1 Å². The molecule has 0 aliphatic heterocycles. The maximum Gasteiger partial charge on any atom is 0.132 e. The first kappa shape index (κ1) is 10.4. The van der Waals surface area contributed by atoms with Gasteiger partial charge >= 0.3 is 0 Å². The largest absolute Gasteiger partial charge is 0.496 e. The molecule has 2 nitrogen and oxygen atoms in total. The zero-order chi connectivity index (χ0) is 9.68. The summed E-state index contributed by atoms with van der Waals surface area (Å²) in [6.07, 6.45) is 2.04. The fourth-order valence-corrected chi connectivity index (χ4v) is 1.68. The van der Waals surface area contributed by atoms with Crippen LogP contribution >= 0.6 is 11.8 Å². The molecule has 0 heterocycles. The van der Waals surface area contributed by atoms with Gasteiger partial charge in [-0.3, -0.25) is 0 Å². The van der Waals surface area contributed by atoms with E-state index >= 15 is 0 Å². The monoisotopic (exact) mass is 198 g/mol. The Morgan fingerprint density at radius 2 is 2.08 bits per heavy atom. The first-order valence-corrected chi connectivity index (χ1v) is 5.24. The Morgan fingerprint density at radius 3 is 2.62 bits per heavy atom. The van der Waals surface area contributed by atoms with Gasteiger partial charge in [0.15, 0.2) is 0 Å². The molecule has 0 unspecified atom stereocenters. The van der Waals surface area contributed by atoms with Gasteiger partial charge in [-0.15, -0.1) is 11.8 Å². The molecule has 0 saturated heterocycles. The van der Waals surface area contributed by atoms with Crippen molar-refractivity contribution < 1.29 is 9.47 Å². The van der Waals surface area contributed by atoms with Crippen LogP contribution in [-0.2, 0) is 11.3 Å². The molecule has 1 aromatic rings. The third kappa shape index (κ3) is 2.64. The van der Waals surface area contributed by atoms with Gasteiger partial charge in [0.1, 0.15) is 5.75 Å². The van der Waals surface area contributed by atoms with Crippen LogP contribution in [0.4, 0.5) is 0 Å². The molecule has 0 amide bonds. The summed E-state index contributed by atoms with van der Waals surface area (Å²) >= 11 is 1.68. The summed E-state index contributed by atoms with van der Waals surface area (Å²) in [6.45, 7) is 0.630. The summed E-state index contributed by atoms with van der Waals surface area (Å²) in [6, 6.07) is 6.12. The lowest BCUT2D eigenvalue weighted by atomic mass is 10.2. The fraction of sp³-hybridized carbons (Fsp3) is 0.400. The molecule has 72 valence electrons. The van der Waals surface area contributed by atoms with Crippen LogP contribution in [0.2, 0.25) is 0 Å². The average molecular weight is 198 g/mol. The van der Waals surface area contributed by atoms with Crippen LogP contribution in [0, 0.1) is 0 Å². The number of hydrogen-bond donors (Lipinski definition) is 0. The molecule has 0 bridgehead atoms. The molecule has 0 aliphatic rings. The van der Waals surface area contributed by atoms with Crippen LogP contribution in [0.3, 0.4) is 0 Å². The van der Waals surface area contributed by atoms with E-state index in [-0.39, 0.29) is 0 Å². The maximum absolute atomic E-state index is 5.25. The lowest BCUT2D eigenvalue weighted by Crippen LogP contribution is -1.91. The number of ether oxygens (including phenoxy) is 2. The molecule has 1 rings (SSSR count). The summed E-state index contributed by atoms with van der Waals surface area (Å²) in [4.78, 5) is 1.15. The number of benzene rings is 1. The van der Waals surface area contributed by atoms with Gasteiger partial charge in [-0.1, -0.05) is 6.07 Å². The van der Waals surface area contributed by atoms with E-state index in [4.69, 9.17) is 9.47 Å². The molecule has 0 radical (unpaired) electrons. The normalized spacial score (nSPS) is 10.1. The minimum Gasteiger partial charge on any atom is -0.496 e. The van der Waals surface area contributed by atoms with Crippen molar-refractivity contribution in [3.05, 3.63) is 23.8 Å². The average Bonchev–Trinajstić information content (AvgIpc) is 2.18. The van der Waals surface area contributed by atoms with Gasteiger partial charge in [-0.05, 0) is 24.0 Å². The second-order valence-electron chi connectivity index (χ2n) is 2.62. The van der Waals surface area contributed by atoms with Crippen LogP contribution in [0.5, 0.6) is 5.75 Å². The Bertz CT molecular complexity index is 274. The second-order valence-corrected chi connectivity index (χ2v) is 3.47. The highest BCUT2D eigenvalue weighted by Gasteiger charge is 2.02. The topological polar surface area (TPSA) is 18.5 Å². The van der Waals surface area contributed by atoms with Crippen LogP contribution in [0.25, 0.3) is 0 Å². The van der Waals surface area contributed by atoms with Crippen LogP contribution in [0.1, 0.15) is 5.56 Å². The lowest BCUT2D eigenvalue weighted by molar-refractivity contribution is 0.184. The van der Waals surface area contributed by atoms with Gasteiger partial charge in [0, 0.05) is 12.0 Å². The lowest BCUT2D eigenvalue weighted by Gasteiger charge is -2.07. The summed E-state index contributed by atoms with van der Waals surface area (Å²) < 4.78 is 10.3. The predicted octanol–water partition coefficient (Wildman–Crippen LogP) is 2.56. The molecule has 0 spiro atoms. The summed E-state index contributed by atoms with van der Waals surface area (Å²) in [5.74, 6) is 0.919. The van der Waals surface area contributed by atoms with E-state index in [1.165, 1.54) is 0 Å². The minimum atomic E-state index is 0.630. The van der Waals surface area contributed by atoms with Gasteiger partial charge < -0.3 is 9.47 Å². The third-order valence-corrected chi connectivity index (χ3v) is 2.54. The van der Waals surface area contributed by atoms with Crippen molar-refractivity contribution in [3.8, 4) is 5.75 Å². The number of rotatable bonds is 4. The molecule has 0 atom stereocenters. The van der Waals surface area contributed by atoms with Crippen LogP contribution in [0.15, 0.2) is 23.1 Å². The van der Waals surface area contributed by atoms with E-state index in [1.54, 1.807) is 26.0 Å². The van der Waals surface area contributed by atoms with E-state index in [1.807, 2.05) is 12.3 Å². The van der Waals surface area contributed by atoms with Gasteiger partial charge in [0.2, 0.25) is 0 Å². The Labute approximate surface area is 83.2 Å². The van der Waals surface area contributed by atoms with E-state index in [0.29, 0.717) is 6.61 Å². The molecule has 0 N–H and O–H groups in total. The highest BCUT2D eigenvalue weighted by Crippen LogP contribution is 2.28. The molecular weight excluding hydrogens is 184 g/mol. The van der Waals surface area contributed by atoms with E-state index in [0.717, 1.165) is 16.2 Å². The van der Waals surface area contributed by atoms with Crippen LogP contribution < -0.4 is 4.74 Å². The Balaban J connectivity index is 2.91. The number of methoxy groups -OCH3 is 2. The van der Waals surface area contributed by atoms with Gasteiger partial charge in [-0.25, -0.2) is 0 Å². The highest BCUT2D eigenvalue weighted by molar-refractivity contribution is 7.98. The van der Waals surface area contributed by atoms with Crippen molar-refractivity contribution in [1.82, 2.24) is 0 Å². The zero-order valence-electron chi connectivity index (χ0n) is 8.16. The fourth-order valence-electron chi connectivity index (χ4n) is 1.14. The molecule has 1 aromatic carbocycles. The van der Waals surface area contributed by atoms with E-state index in [9.17, 15) is 0 Å². The summed E-state index contributed by atoms with van der Waals surface area (Å²) in [7, 11) is 3.38. The van der Waals surface area contributed by atoms with E-state index < -0.39 is 0 Å². The SMILES string of the molecule is COCc1ccc(SC)c(OC)c1. The van der Waals surface area contributed by atoms with Crippen molar-refractivity contribution in [1.29, 1.82) is 0 Å². The molecule has 3 heteroatoms. The standard InChI is InChI=1S/C10H14O2S/c1-11-7-8-4-5-10(13-3)9(6-8)12-2/h4-6H,7H2,1-3H3. The molecule has 0 fully saturated rings. The highest BCUT2D eigenvalue weighted by atomic mass is 32.2. The van der Waals surface area contributed by atoms with Crippen LogP contribution in [-0.4, -0.2) is 20.5 Å². The first-order chi connectivity index (χ1) is 6.31. The second kappa shape index (κ2) is 5.14. The maximum atomic E-state index is 5.25. The summed E-state index contributed by atoms with van der Waals surface area (Å²) in [5.41, 5.74) is 1.14. The minimum absolute atomic E-state index is 0.630. The van der Waals surface area contributed by atoms with Crippen molar-refractivity contribution >= 4 is 11.8 Å². The molecule has 0 aliphatic carbocycles. The molecular formula is C10H14O2S. The number of thioether (sulfide) groups is 1. The molecule has 13 heavy (non-hydrogen) atoms. The van der Waals surface area contributed by atoms with Crippen molar-refractivity contribution in [2.24, 2.45) is 0 Å². The van der Waals surface area contributed by atoms with Gasteiger partial charge in [0.05, 0.1) is 13.7 Å². The van der Waals surface area contributed by atoms with Crippen molar-refractivity contribution in [3.63, 3.8) is 0 Å². The van der Waals surface area contributed by atoms with Gasteiger partial charge in [-0.2, -0.15) is 0 Å². The molecule has 0 saturated carbocycles. The third-order valence-electron chi connectivity index (χ3n) is 1.76. The number of hydrogen-bond acceptors (Lipinski definition) is 3. The van der Waals surface area contributed by atoms with Gasteiger partial charge in [0.25, 0.3) is 0 Å². The molecule has 0 aromatic heterocycles. The Morgan fingerprint density at radius 1 is 1.31 bits per heavy atom. The zero-order valence-corrected chi connectivity index (χ0v) is 8.98. The Kier molecular flexibility index (Phi) is 4.12. The quantitative estimate of drug-likeness (QED) is 0.693. The predicted molar refractivity (Wildman–Crippen MR) is 55.5 cm³/mol. The summed E-state index contributed by atoms with van der Waals surface area (Å²) in [5, 5.41) is 0. The Hall–Kier alpha value is -0.670. The van der Waals surface area contributed by atoms with Crippen molar-refractivity contribution in [2.75, 3.05) is 20.5 Å². The first-order valence-electron chi connectivity index (χ1n) is 4.01.